The van der Waals surface area contributed by atoms with Gasteiger partial charge in [-0.3, -0.25) is 9.89 Å². The van der Waals surface area contributed by atoms with Crippen molar-refractivity contribution in [3.05, 3.63) is 54.2 Å². The SMILES string of the molecule is COc1ccc(Nc2nc(-c3c(F)cccc3F)nc3cn[nH]c23)cc1NC(C)=O. The Hall–Kier alpha value is -4.08. The van der Waals surface area contributed by atoms with Crippen molar-refractivity contribution >= 4 is 34.1 Å². The summed E-state index contributed by atoms with van der Waals surface area (Å²) in [5, 5.41) is 12.5. The van der Waals surface area contributed by atoms with Crippen molar-refractivity contribution in [3.8, 4) is 17.1 Å². The number of benzene rings is 2. The summed E-state index contributed by atoms with van der Waals surface area (Å²) in [6.45, 7) is 1.38. The van der Waals surface area contributed by atoms with Crippen molar-refractivity contribution in [2.75, 3.05) is 17.7 Å². The number of H-pyrrole nitrogens is 1. The molecular weight excluding hydrogens is 394 g/mol. The highest BCUT2D eigenvalue weighted by Gasteiger charge is 2.18. The van der Waals surface area contributed by atoms with Crippen LogP contribution in [0.5, 0.6) is 5.75 Å². The van der Waals surface area contributed by atoms with Crippen LogP contribution in [0.1, 0.15) is 6.92 Å². The van der Waals surface area contributed by atoms with Gasteiger partial charge in [0, 0.05) is 12.6 Å². The molecule has 8 nitrogen and oxygen atoms in total. The summed E-state index contributed by atoms with van der Waals surface area (Å²) in [5.74, 6) is -1.21. The third-order valence-corrected chi connectivity index (χ3v) is 4.26. The lowest BCUT2D eigenvalue weighted by Gasteiger charge is -2.13. The van der Waals surface area contributed by atoms with Gasteiger partial charge in [0.2, 0.25) is 5.91 Å². The number of ether oxygens (including phenoxy) is 1. The maximum Gasteiger partial charge on any atom is 0.221 e. The van der Waals surface area contributed by atoms with Crippen LogP contribution in [0.3, 0.4) is 0 Å². The first kappa shape index (κ1) is 19.2. The number of methoxy groups -OCH3 is 1. The number of amides is 1. The quantitative estimate of drug-likeness (QED) is 0.459. The van der Waals surface area contributed by atoms with E-state index >= 15 is 0 Å². The Morgan fingerprint density at radius 1 is 1.13 bits per heavy atom. The van der Waals surface area contributed by atoms with Crippen LogP contribution in [0.25, 0.3) is 22.4 Å². The summed E-state index contributed by atoms with van der Waals surface area (Å²) in [7, 11) is 1.49. The first-order valence-corrected chi connectivity index (χ1v) is 8.84. The highest BCUT2D eigenvalue weighted by Crippen LogP contribution is 2.32. The number of anilines is 3. The zero-order valence-electron chi connectivity index (χ0n) is 16.0. The minimum Gasteiger partial charge on any atom is -0.495 e. The molecule has 4 aromatic rings. The molecule has 3 N–H and O–H groups in total. The fourth-order valence-electron chi connectivity index (χ4n) is 2.96. The van der Waals surface area contributed by atoms with Crippen molar-refractivity contribution < 1.29 is 18.3 Å². The molecule has 0 atom stereocenters. The predicted molar refractivity (Wildman–Crippen MR) is 108 cm³/mol. The van der Waals surface area contributed by atoms with Gasteiger partial charge in [-0.25, -0.2) is 18.7 Å². The molecule has 0 aliphatic carbocycles. The molecule has 0 aliphatic heterocycles. The van der Waals surface area contributed by atoms with Gasteiger partial charge in [-0.2, -0.15) is 5.10 Å². The van der Waals surface area contributed by atoms with E-state index in [-0.39, 0.29) is 23.1 Å². The Morgan fingerprint density at radius 2 is 1.90 bits per heavy atom. The summed E-state index contributed by atoms with van der Waals surface area (Å²) < 4.78 is 33.8. The van der Waals surface area contributed by atoms with Gasteiger partial charge in [0.1, 0.15) is 28.4 Å². The molecule has 152 valence electrons. The standard InChI is InChI=1S/C20H16F2N6O2/c1-10(29)24-14-8-11(6-7-16(14)30-2)25-20-18-15(9-23-28-18)26-19(27-20)17-12(21)4-3-5-13(17)22/h3-9H,1-2H3,(H,23,28)(H,24,29)(H,25,26,27). The van der Waals surface area contributed by atoms with Crippen molar-refractivity contribution in [3.63, 3.8) is 0 Å². The molecule has 0 saturated heterocycles. The molecule has 2 heterocycles. The molecule has 2 aromatic carbocycles. The molecule has 0 bridgehead atoms. The largest absolute Gasteiger partial charge is 0.495 e. The molecule has 0 radical (unpaired) electrons. The number of hydrogen-bond acceptors (Lipinski definition) is 6. The lowest BCUT2D eigenvalue weighted by Crippen LogP contribution is -2.08. The summed E-state index contributed by atoms with van der Waals surface area (Å²) in [6, 6.07) is 8.56. The highest BCUT2D eigenvalue weighted by molar-refractivity contribution is 5.92. The van der Waals surface area contributed by atoms with E-state index in [9.17, 15) is 13.6 Å². The second kappa shape index (κ2) is 7.74. The lowest BCUT2D eigenvalue weighted by atomic mass is 10.2. The van der Waals surface area contributed by atoms with Crippen LogP contribution in [0, 0.1) is 11.6 Å². The third kappa shape index (κ3) is 3.62. The van der Waals surface area contributed by atoms with Gasteiger partial charge in [0.05, 0.1) is 24.6 Å². The lowest BCUT2D eigenvalue weighted by molar-refractivity contribution is -0.114. The first-order chi connectivity index (χ1) is 14.5. The monoisotopic (exact) mass is 410 g/mol. The summed E-state index contributed by atoms with van der Waals surface area (Å²) in [4.78, 5) is 20.0. The molecular formula is C20H16F2N6O2. The fraction of sp³-hybridized carbons (Fsp3) is 0.100. The number of halogens is 2. The van der Waals surface area contributed by atoms with Gasteiger partial charge in [0.15, 0.2) is 11.6 Å². The second-order valence-corrected chi connectivity index (χ2v) is 6.34. The van der Waals surface area contributed by atoms with Crippen LogP contribution < -0.4 is 15.4 Å². The number of carbonyl (C=O) groups is 1. The Kier molecular flexibility index (Phi) is 4.97. The Labute approximate surface area is 169 Å². The number of rotatable bonds is 5. The highest BCUT2D eigenvalue weighted by atomic mass is 19.1. The topological polar surface area (TPSA) is 105 Å². The van der Waals surface area contributed by atoms with Gasteiger partial charge in [-0.05, 0) is 30.3 Å². The molecule has 0 saturated carbocycles. The first-order valence-electron chi connectivity index (χ1n) is 8.84. The predicted octanol–water partition coefficient (Wildman–Crippen LogP) is 4.01. The summed E-state index contributed by atoms with van der Waals surface area (Å²) in [5.41, 5.74) is 1.49. The Balaban J connectivity index is 1.80. The molecule has 10 heteroatoms. The van der Waals surface area contributed by atoms with Crippen LogP contribution in [0.2, 0.25) is 0 Å². The Morgan fingerprint density at radius 3 is 2.60 bits per heavy atom. The zero-order chi connectivity index (χ0) is 21.3. The van der Waals surface area contributed by atoms with Crippen LogP contribution in [0.15, 0.2) is 42.6 Å². The molecule has 0 spiro atoms. The van der Waals surface area contributed by atoms with Gasteiger partial charge in [-0.15, -0.1) is 0 Å². The number of nitrogens with zero attached hydrogens (tertiary/aromatic N) is 3. The molecule has 0 aliphatic rings. The van der Waals surface area contributed by atoms with Crippen LogP contribution in [-0.4, -0.2) is 33.2 Å². The van der Waals surface area contributed by atoms with Crippen LogP contribution >= 0.6 is 0 Å². The van der Waals surface area contributed by atoms with E-state index in [4.69, 9.17) is 4.74 Å². The van der Waals surface area contributed by atoms with Crippen LogP contribution in [0.4, 0.5) is 26.0 Å². The molecule has 30 heavy (non-hydrogen) atoms. The van der Waals surface area contributed by atoms with Gasteiger partial charge < -0.3 is 15.4 Å². The van der Waals surface area contributed by atoms with Crippen LogP contribution in [-0.2, 0) is 4.79 Å². The Bertz CT molecular complexity index is 1240. The molecule has 0 fully saturated rings. The normalized spacial score (nSPS) is 10.8. The summed E-state index contributed by atoms with van der Waals surface area (Å²) >= 11 is 0. The van der Waals surface area contributed by atoms with Crippen molar-refractivity contribution in [1.82, 2.24) is 20.2 Å². The molecule has 2 aromatic heterocycles. The maximum atomic E-state index is 14.3. The number of aromatic nitrogens is 4. The van der Waals surface area contributed by atoms with Crippen molar-refractivity contribution in [2.45, 2.75) is 6.92 Å². The number of aromatic amines is 1. The minimum absolute atomic E-state index is 0.127. The van der Waals surface area contributed by atoms with E-state index in [2.05, 4.69) is 30.8 Å². The molecule has 4 rings (SSSR count). The van der Waals surface area contributed by atoms with Crippen molar-refractivity contribution in [2.24, 2.45) is 0 Å². The van der Waals surface area contributed by atoms with Gasteiger partial charge in [-0.1, -0.05) is 6.07 Å². The minimum atomic E-state index is -0.777. The van der Waals surface area contributed by atoms with E-state index in [1.54, 1.807) is 18.2 Å². The van der Waals surface area contributed by atoms with Crippen molar-refractivity contribution in [1.29, 1.82) is 0 Å². The number of carbonyl (C=O) groups excluding carboxylic acids is 1. The van der Waals surface area contributed by atoms with E-state index in [0.29, 0.717) is 28.2 Å². The second-order valence-electron chi connectivity index (χ2n) is 6.34. The van der Waals surface area contributed by atoms with E-state index in [1.807, 2.05) is 0 Å². The summed E-state index contributed by atoms with van der Waals surface area (Å²) in [6.07, 6.45) is 1.43. The number of hydrogen-bond donors (Lipinski definition) is 3. The number of nitrogens with one attached hydrogen (secondary N) is 3. The zero-order valence-corrected chi connectivity index (χ0v) is 16.0. The van der Waals surface area contributed by atoms with E-state index in [0.717, 1.165) is 12.1 Å². The molecule has 0 unspecified atom stereocenters. The van der Waals surface area contributed by atoms with E-state index < -0.39 is 11.6 Å². The van der Waals surface area contributed by atoms with Gasteiger partial charge in [0.25, 0.3) is 0 Å². The fourth-order valence-corrected chi connectivity index (χ4v) is 2.96. The number of fused-ring (bicyclic) bond motifs is 1. The average Bonchev–Trinajstić information content (AvgIpc) is 3.17. The van der Waals surface area contributed by atoms with Gasteiger partial charge >= 0.3 is 0 Å². The van der Waals surface area contributed by atoms with E-state index in [1.165, 1.54) is 26.3 Å². The maximum absolute atomic E-state index is 14.3. The smallest absolute Gasteiger partial charge is 0.221 e. The third-order valence-electron chi connectivity index (χ3n) is 4.26. The average molecular weight is 410 g/mol. The molecule has 1 amide bonds.